The van der Waals surface area contributed by atoms with Crippen LogP contribution >= 0.6 is 0 Å². The van der Waals surface area contributed by atoms with Crippen LogP contribution in [0.15, 0.2) is 24.3 Å². The molecule has 0 aromatic heterocycles. The van der Waals surface area contributed by atoms with Crippen LogP contribution in [0.25, 0.3) is 0 Å². The Hall–Kier alpha value is -1.55. The number of benzene rings is 1. The number of amides is 1. The molecule has 4 nitrogen and oxygen atoms in total. The minimum absolute atomic E-state index is 0.398. The Labute approximate surface area is 115 Å². The van der Waals surface area contributed by atoms with E-state index in [-0.39, 0.29) is 0 Å². The molecule has 0 radical (unpaired) electrons. The normalized spacial score (nSPS) is 11.5. The van der Waals surface area contributed by atoms with Crippen LogP contribution in [0.2, 0.25) is 0 Å². The maximum absolute atomic E-state index is 11.8. The fraction of sp³-hybridized carbons (Fsp3) is 0.533. The fourth-order valence-electron chi connectivity index (χ4n) is 1.52. The molecule has 106 valence electrons. The molecule has 0 unspecified atom stereocenters. The number of nitrogens with one attached hydrogen (secondary N) is 2. The van der Waals surface area contributed by atoms with Crippen molar-refractivity contribution in [2.75, 3.05) is 5.32 Å². The van der Waals surface area contributed by atoms with Crippen LogP contribution in [0.4, 0.5) is 10.5 Å². The van der Waals surface area contributed by atoms with Gasteiger partial charge in [0.05, 0.1) is 0 Å². The van der Waals surface area contributed by atoms with Crippen molar-refractivity contribution < 1.29 is 9.53 Å². The van der Waals surface area contributed by atoms with E-state index in [1.165, 1.54) is 0 Å². The maximum atomic E-state index is 11.8. The van der Waals surface area contributed by atoms with Gasteiger partial charge in [-0.15, -0.1) is 0 Å². The Morgan fingerprint density at radius 2 is 1.89 bits per heavy atom. The summed E-state index contributed by atoms with van der Waals surface area (Å²) in [6, 6.07) is 8.11. The van der Waals surface area contributed by atoms with E-state index >= 15 is 0 Å². The molecule has 0 atom stereocenters. The van der Waals surface area contributed by atoms with E-state index in [0.29, 0.717) is 12.6 Å². The zero-order valence-corrected chi connectivity index (χ0v) is 12.4. The third-order valence-electron chi connectivity index (χ3n) is 2.35. The van der Waals surface area contributed by atoms with Crippen LogP contribution in [-0.4, -0.2) is 17.7 Å². The molecule has 0 spiro atoms. The molecule has 0 fully saturated rings. The van der Waals surface area contributed by atoms with Crippen molar-refractivity contribution in [3.05, 3.63) is 29.8 Å². The molecule has 0 heterocycles. The molecule has 0 aliphatic rings. The lowest BCUT2D eigenvalue weighted by Gasteiger charge is -2.20. The van der Waals surface area contributed by atoms with E-state index in [1.54, 1.807) is 0 Å². The second kappa shape index (κ2) is 6.57. The second-order valence-corrected chi connectivity index (χ2v) is 5.82. The summed E-state index contributed by atoms with van der Waals surface area (Å²) >= 11 is 0. The molecule has 0 aliphatic heterocycles. The molecule has 2 N–H and O–H groups in total. The average Bonchev–Trinajstić information content (AvgIpc) is 2.25. The van der Waals surface area contributed by atoms with Crippen molar-refractivity contribution in [2.24, 2.45) is 0 Å². The number of carbonyl (C=O) groups is 1. The number of para-hydroxylation sites is 1. The monoisotopic (exact) mass is 264 g/mol. The minimum atomic E-state index is -0.491. The molecule has 0 saturated carbocycles. The first-order valence-corrected chi connectivity index (χ1v) is 6.59. The molecular formula is C15H24N2O2. The zero-order valence-electron chi connectivity index (χ0n) is 12.4. The highest BCUT2D eigenvalue weighted by Crippen LogP contribution is 2.16. The molecule has 1 rings (SSSR count). The van der Waals surface area contributed by atoms with Gasteiger partial charge in [0.1, 0.15) is 5.60 Å². The number of ether oxygens (including phenoxy) is 1. The lowest BCUT2D eigenvalue weighted by molar-refractivity contribution is 0.0636. The van der Waals surface area contributed by atoms with Crippen molar-refractivity contribution in [3.63, 3.8) is 0 Å². The van der Waals surface area contributed by atoms with Gasteiger partial charge in [0, 0.05) is 18.3 Å². The van der Waals surface area contributed by atoms with Crippen molar-refractivity contribution in [1.82, 2.24) is 5.32 Å². The highest BCUT2D eigenvalue weighted by Gasteiger charge is 2.16. The van der Waals surface area contributed by atoms with Gasteiger partial charge in [-0.25, -0.2) is 4.79 Å². The Kier molecular flexibility index (Phi) is 5.36. The molecule has 0 saturated heterocycles. The zero-order chi connectivity index (χ0) is 14.5. The Bertz CT molecular complexity index is 422. The third-order valence-corrected chi connectivity index (χ3v) is 2.35. The molecule has 0 aliphatic carbocycles. The summed E-state index contributed by atoms with van der Waals surface area (Å²) in [6.45, 7) is 10.4. The second-order valence-electron chi connectivity index (χ2n) is 5.82. The summed E-state index contributed by atoms with van der Waals surface area (Å²) in [7, 11) is 0. The molecule has 1 amide bonds. The van der Waals surface area contributed by atoms with Gasteiger partial charge < -0.3 is 10.1 Å². The van der Waals surface area contributed by atoms with Crippen LogP contribution in [0, 0.1) is 0 Å². The van der Waals surface area contributed by atoms with E-state index < -0.39 is 11.7 Å². The Balaban J connectivity index is 2.69. The molecule has 1 aromatic carbocycles. The van der Waals surface area contributed by atoms with Gasteiger partial charge in [-0.1, -0.05) is 32.0 Å². The largest absolute Gasteiger partial charge is 0.444 e. The summed E-state index contributed by atoms with van der Waals surface area (Å²) in [4.78, 5) is 11.8. The fourth-order valence-corrected chi connectivity index (χ4v) is 1.52. The summed E-state index contributed by atoms with van der Waals surface area (Å²) in [5.41, 5.74) is 1.34. The van der Waals surface area contributed by atoms with Crippen LogP contribution in [0.1, 0.15) is 40.2 Å². The number of hydrogen-bond acceptors (Lipinski definition) is 3. The van der Waals surface area contributed by atoms with Crippen molar-refractivity contribution >= 4 is 11.8 Å². The van der Waals surface area contributed by atoms with Gasteiger partial charge >= 0.3 is 6.09 Å². The van der Waals surface area contributed by atoms with Crippen molar-refractivity contribution in [3.8, 4) is 0 Å². The van der Waals surface area contributed by atoms with E-state index in [1.807, 2.05) is 45.0 Å². The number of carbonyl (C=O) groups excluding carboxylic acids is 1. The van der Waals surface area contributed by atoms with E-state index in [2.05, 4.69) is 24.5 Å². The quantitative estimate of drug-likeness (QED) is 0.874. The minimum Gasteiger partial charge on any atom is -0.444 e. The van der Waals surface area contributed by atoms with Crippen LogP contribution in [0.5, 0.6) is 0 Å². The van der Waals surface area contributed by atoms with Crippen molar-refractivity contribution in [2.45, 2.75) is 52.8 Å². The topological polar surface area (TPSA) is 50.4 Å². The Morgan fingerprint density at radius 1 is 1.26 bits per heavy atom. The van der Waals surface area contributed by atoms with Crippen LogP contribution in [-0.2, 0) is 11.3 Å². The van der Waals surface area contributed by atoms with E-state index in [9.17, 15) is 4.79 Å². The smallest absolute Gasteiger partial charge is 0.412 e. The average molecular weight is 264 g/mol. The lowest BCUT2D eigenvalue weighted by Crippen LogP contribution is -2.28. The van der Waals surface area contributed by atoms with Crippen LogP contribution < -0.4 is 10.6 Å². The van der Waals surface area contributed by atoms with Gasteiger partial charge in [0.15, 0.2) is 0 Å². The highest BCUT2D eigenvalue weighted by atomic mass is 16.6. The Morgan fingerprint density at radius 3 is 2.47 bits per heavy atom. The summed E-state index contributed by atoms with van der Waals surface area (Å²) in [5, 5.41) is 6.12. The lowest BCUT2D eigenvalue weighted by atomic mass is 10.1. The summed E-state index contributed by atoms with van der Waals surface area (Å²) < 4.78 is 5.25. The molecule has 1 aromatic rings. The molecule has 0 bridgehead atoms. The number of rotatable bonds is 4. The van der Waals surface area contributed by atoms with Gasteiger partial charge in [-0.2, -0.15) is 0 Å². The van der Waals surface area contributed by atoms with E-state index in [4.69, 9.17) is 4.74 Å². The molecular weight excluding hydrogens is 240 g/mol. The van der Waals surface area contributed by atoms with Crippen molar-refractivity contribution in [1.29, 1.82) is 0 Å². The molecule has 4 heteroatoms. The van der Waals surface area contributed by atoms with Gasteiger partial charge in [-0.3, -0.25) is 5.32 Å². The third kappa shape index (κ3) is 6.25. The standard InChI is InChI=1S/C15H24N2O2/c1-11(2)16-10-12-8-6-7-9-13(12)17-14(18)19-15(3,4)5/h6-9,11,16H,10H2,1-5H3,(H,17,18). The SMILES string of the molecule is CC(C)NCc1ccccc1NC(=O)OC(C)(C)C. The highest BCUT2D eigenvalue weighted by molar-refractivity contribution is 5.85. The predicted octanol–water partition coefficient (Wildman–Crippen LogP) is 3.53. The molecule has 19 heavy (non-hydrogen) atoms. The van der Waals surface area contributed by atoms with Crippen LogP contribution in [0.3, 0.4) is 0 Å². The first-order chi connectivity index (χ1) is 8.78. The van der Waals surface area contributed by atoms with Gasteiger partial charge in [0.2, 0.25) is 0 Å². The number of anilines is 1. The maximum Gasteiger partial charge on any atom is 0.412 e. The summed E-state index contributed by atoms with van der Waals surface area (Å²) in [6.07, 6.45) is -0.426. The first kappa shape index (κ1) is 15.5. The summed E-state index contributed by atoms with van der Waals surface area (Å²) in [5.74, 6) is 0. The van der Waals surface area contributed by atoms with Gasteiger partial charge in [0.25, 0.3) is 0 Å². The predicted molar refractivity (Wildman–Crippen MR) is 78.3 cm³/mol. The number of hydrogen-bond donors (Lipinski definition) is 2. The van der Waals surface area contributed by atoms with E-state index in [0.717, 1.165) is 11.3 Å². The first-order valence-electron chi connectivity index (χ1n) is 6.59. The van der Waals surface area contributed by atoms with Gasteiger partial charge in [-0.05, 0) is 32.4 Å².